The van der Waals surface area contributed by atoms with Gasteiger partial charge < -0.3 is 21.5 Å². The third-order valence-corrected chi connectivity index (χ3v) is 2.43. The molecular weight excluding hydrogens is 250 g/mol. The number of aryl methyl sites for hydroxylation is 1. The lowest BCUT2D eigenvalue weighted by molar-refractivity contribution is -0.119. The standard InChI is InChI=1S/C12H15N3O4/c1-6-3-4-9(8(5-6)11(17)18)15-12(19)14-7(2)10(13)16/h3-5,7H,1-2H3,(H2,13,16)(H,17,18)(H2,14,15,19). The van der Waals surface area contributed by atoms with Gasteiger partial charge in [-0.1, -0.05) is 11.6 Å². The molecule has 0 aliphatic carbocycles. The lowest BCUT2D eigenvalue weighted by Gasteiger charge is -2.13. The zero-order valence-corrected chi connectivity index (χ0v) is 10.6. The van der Waals surface area contributed by atoms with Crippen LogP contribution < -0.4 is 16.4 Å². The highest BCUT2D eigenvalue weighted by molar-refractivity contribution is 6.01. The van der Waals surface area contributed by atoms with Crippen molar-refractivity contribution in [1.29, 1.82) is 0 Å². The number of benzene rings is 1. The number of amides is 3. The van der Waals surface area contributed by atoms with E-state index in [9.17, 15) is 14.4 Å². The average molecular weight is 265 g/mol. The number of hydrogen-bond acceptors (Lipinski definition) is 3. The summed E-state index contributed by atoms with van der Waals surface area (Å²) in [5.74, 6) is -1.83. The van der Waals surface area contributed by atoms with E-state index in [1.165, 1.54) is 19.1 Å². The van der Waals surface area contributed by atoms with Crippen molar-refractivity contribution in [1.82, 2.24) is 5.32 Å². The molecule has 7 nitrogen and oxygen atoms in total. The molecule has 0 fully saturated rings. The minimum absolute atomic E-state index is 0.0260. The van der Waals surface area contributed by atoms with Gasteiger partial charge in [0.25, 0.3) is 0 Å². The van der Waals surface area contributed by atoms with Crippen molar-refractivity contribution in [2.45, 2.75) is 19.9 Å². The SMILES string of the molecule is Cc1ccc(NC(=O)NC(C)C(N)=O)c(C(=O)O)c1. The fourth-order valence-corrected chi connectivity index (χ4v) is 1.37. The number of carbonyl (C=O) groups is 3. The molecule has 3 amide bonds. The van der Waals surface area contributed by atoms with Gasteiger partial charge >= 0.3 is 12.0 Å². The van der Waals surface area contributed by atoms with Gasteiger partial charge in [-0.15, -0.1) is 0 Å². The van der Waals surface area contributed by atoms with E-state index >= 15 is 0 Å². The van der Waals surface area contributed by atoms with Gasteiger partial charge in [-0.05, 0) is 26.0 Å². The van der Waals surface area contributed by atoms with Crippen LogP contribution in [0.4, 0.5) is 10.5 Å². The van der Waals surface area contributed by atoms with Crippen molar-refractivity contribution in [2.24, 2.45) is 5.73 Å². The van der Waals surface area contributed by atoms with Crippen molar-refractivity contribution >= 4 is 23.6 Å². The van der Waals surface area contributed by atoms with Crippen molar-refractivity contribution in [3.63, 3.8) is 0 Å². The quantitative estimate of drug-likeness (QED) is 0.639. The Morgan fingerprint density at radius 3 is 2.47 bits per heavy atom. The maximum absolute atomic E-state index is 11.6. The van der Waals surface area contributed by atoms with Crippen LogP contribution in [0.2, 0.25) is 0 Å². The number of carboxylic acid groups (broad SMARTS) is 1. The van der Waals surface area contributed by atoms with Gasteiger partial charge in [0.1, 0.15) is 6.04 Å². The van der Waals surface area contributed by atoms with Crippen molar-refractivity contribution in [2.75, 3.05) is 5.32 Å². The Kier molecular flexibility index (Phi) is 4.46. The van der Waals surface area contributed by atoms with Crippen LogP contribution in [-0.2, 0) is 4.79 Å². The maximum Gasteiger partial charge on any atom is 0.337 e. The normalized spacial score (nSPS) is 11.5. The van der Waals surface area contributed by atoms with Gasteiger partial charge in [0.05, 0.1) is 11.3 Å². The number of rotatable bonds is 4. The Bertz CT molecular complexity index is 528. The molecule has 1 aromatic rings. The topological polar surface area (TPSA) is 122 Å². The Morgan fingerprint density at radius 2 is 1.95 bits per heavy atom. The first-order valence-electron chi connectivity index (χ1n) is 5.52. The number of nitrogens with one attached hydrogen (secondary N) is 2. The van der Waals surface area contributed by atoms with E-state index < -0.39 is 23.9 Å². The number of carboxylic acids is 1. The molecule has 0 aliphatic heterocycles. The Hall–Kier alpha value is -2.57. The molecule has 0 aliphatic rings. The second-order valence-electron chi connectivity index (χ2n) is 4.08. The molecule has 0 aromatic heterocycles. The molecule has 0 radical (unpaired) electrons. The van der Waals surface area contributed by atoms with Crippen LogP contribution in [-0.4, -0.2) is 29.1 Å². The fraction of sp³-hybridized carbons (Fsp3) is 0.250. The van der Waals surface area contributed by atoms with Crippen LogP contribution in [0, 0.1) is 6.92 Å². The van der Waals surface area contributed by atoms with E-state index in [0.29, 0.717) is 0 Å². The summed E-state index contributed by atoms with van der Waals surface area (Å²) < 4.78 is 0. The predicted octanol–water partition coefficient (Wildman–Crippen LogP) is 0.689. The van der Waals surface area contributed by atoms with Crippen LogP contribution in [0.3, 0.4) is 0 Å². The number of carbonyl (C=O) groups excluding carboxylic acids is 2. The Morgan fingerprint density at radius 1 is 1.32 bits per heavy atom. The molecule has 7 heteroatoms. The molecule has 102 valence electrons. The molecule has 1 rings (SSSR count). The molecule has 5 N–H and O–H groups in total. The first-order chi connectivity index (χ1) is 8.81. The lowest BCUT2D eigenvalue weighted by atomic mass is 10.1. The summed E-state index contributed by atoms with van der Waals surface area (Å²) in [7, 11) is 0. The van der Waals surface area contributed by atoms with Crippen LogP contribution in [0.15, 0.2) is 18.2 Å². The molecule has 1 aromatic carbocycles. The van der Waals surface area contributed by atoms with Crippen LogP contribution in [0.5, 0.6) is 0 Å². The summed E-state index contributed by atoms with van der Waals surface area (Å²) >= 11 is 0. The minimum atomic E-state index is -1.15. The molecule has 0 saturated heterocycles. The van der Waals surface area contributed by atoms with E-state index in [4.69, 9.17) is 10.8 Å². The number of primary amides is 1. The second kappa shape index (κ2) is 5.85. The summed E-state index contributed by atoms with van der Waals surface area (Å²) in [6, 6.07) is 3.04. The highest BCUT2D eigenvalue weighted by Gasteiger charge is 2.15. The Balaban J connectivity index is 2.85. The summed E-state index contributed by atoms with van der Waals surface area (Å²) in [6.07, 6.45) is 0. The molecule has 1 unspecified atom stereocenters. The fourth-order valence-electron chi connectivity index (χ4n) is 1.37. The number of urea groups is 1. The van der Waals surface area contributed by atoms with Gasteiger partial charge in [0.2, 0.25) is 5.91 Å². The van der Waals surface area contributed by atoms with Crippen LogP contribution in [0.25, 0.3) is 0 Å². The summed E-state index contributed by atoms with van der Waals surface area (Å²) in [5, 5.41) is 13.7. The molecule has 0 heterocycles. The van der Waals surface area contributed by atoms with Crippen molar-refractivity contribution < 1.29 is 19.5 Å². The summed E-state index contributed by atoms with van der Waals surface area (Å²) in [4.78, 5) is 33.4. The summed E-state index contributed by atoms with van der Waals surface area (Å²) in [5.41, 5.74) is 5.88. The highest BCUT2D eigenvalue weighted by Crippen LogP contribution is 2.17. The van der Waals surface area contributed by atoms with E-state index in [1.807, 2.05) is 0 Å². The van der Waals surface area contributed by atoms with Crippen LogP contribution in [0.1, 0.15) is 22.8 Å². The number of nitrogens with two attached hydrogens (primary N) is 1. The number of anilines is 1. The molecule has 0 bridgehead atoms. The molecule has 19 heavy (non-hydrogen) atoms. The molecule has 0 saturated carbocycles. The van der Waals surface area contributed by atoms with E-state index in [-0.39, 0.29) is 11.3 Å². The monoisotopic (exact) mass is 265 g/mol. The first-order valence-corrected chi connectivity index (χ1v) is 5.52. The van der Waals surface area contributed by atoms with Gasteiger partial charge in [0.15, 0.2) is 0 Å². The minimum Gasteiger partial charge on any atom is -0.478 e. The number of aromatic carboxylic acids is 1. The largest absolute Gasteiger partial charge is 0.478 e. The second-order valence-corrected chi connectivity index (χ2v) is 4.08. The van der Waals surface area contributed by atoms with Crippen molar-refractivity contribution in [3.8, 4) is 0 Å². The molecule has 1 atom stereocenters. The van der Waals surface area contributed by atoms with E-state index in [1.54, 1.807) is 13.0 Å². The van der Waals surface area contributed by atoms with Gasteiger partial charge in [-0.2, -0.15) is 0 Å². The van der Waals surface area contributed by atoms with E-state index in [2.05, 4.69) is 10.6 Å². The number of hydrogen-bond donors (Lipinski definition) is 4. The zero-order chi connectivity index (χ0) is 14.6. The van der Waals surface area contributed by atoms with Gasteiger partial charge in [-0.3, -0.25) is 4.79 Å². The lowest BCUT2D eigenvalue weighted by Crippen LogP contribution is -2.44. The van der Waals surface area contributed by atoms with Crippen LogP contribution >= 0.6 is 0 Å². The van der Waals surface area contributed by atoms with Gasteiger partial charge in [-0.25, -0.2) is 9.59 Å². The summed E-state index contributed by atoms with van der Waals surface area (Å²) in [6.45, 7) is 3.17. The smallest absolute Gasteiger partial charge is 0.337 e. The third kappa shape index (κ3) is 3.98. The average Bonchev–Trinajstić information content (AvgIpc) is 2.30. The molecule has 0 spiro atoms. The Labute approximate surface area is 109 Å². The van der Waals surface area contributed by atoms with Crippen molar-refractivity contribution in [3.05, 3.63) is 29.3 Å². The highest BCUT2D eigenvalue weighted by atomic mass is 16.4. The third-order valence-electron chi connectivity index (χ3n) is 2.43. The first kappa shape index (κ1) is 14.5. The zero-order valence-electron chi connectivity index (χ0n) is 10.6. The van der Waals surface area contributed by atoms with E-state index in [0.717, 1.165) is 5.56 Å². The predicted molar refractivity (Wildman–Crippen MR) is 68.9 cm³/mol. The van der Waals surface area contributed by atoms with Gasteiger partial charge in [0, 0.05) is 0 Å². The maximum atomic E-state index is 11.6. The molecular formula is C12H15N3O4.